The Kier molecular flexibility index (Phi) is 8.82. The number of aliphatic carboxylic acids is 1. The summed E-state index contributed by atoms with van der Waals surface area (Å²) >= 11 is 18.6. The number of hydrogen-bond donors (Lipinski definition) is 2. The third kappa shape index (κ3) is 7.10. The standard InChI is InChI=1S/C29H23Cl3N2O3/c30-21-7-11-24(19-6-13-27(34-16-19)28(35)2-1-3-29(36)37)20(14-21)17-33-23-9-4-18(5-10-23)25-12-8-22(31)15-26(25)32/h4-16,33H,1-3,17H2,(H,36,37). The smallest absolute Gasteiger partial charge is 0.303 e. The van der Waals surface area contributed by atoms with Gasteiger partial charge in [0.2, 0.25) is 0 Å². The van der Waals surface area contributed by atoms with Gasteiger partial charge in [0.1, 0.15) is 5.69 Å². The summed E-state index contributed by atoms with van der Waals surface area (Å²) in [4.78, 5) is 27.3. The first kappa shape index (κ1) is 26.7. The van der Waals surface area contributed by atoms with Gasteiger partial charge in [0, 0.05) is 57.5 Å². The fourth-order valence-electron chi connectivity index (χ4n) is 3.93. The summed E-state index contributed by atoms with van der Waals surface area (Å²) in [6.07, 6.45) is 2.06. The van der Waals surface area contributed by atoms with Crippen LogP contribution in [-0.2, 0) is 11.3 Å². The molecule has 5 nitrogen and oxygen atoms in total. The van der Waals surface area contributed by atoms with Gasteiger partial charge in [-0.2, -0.15) is 0 Å². The molecular weight excluding hydrogens is 531 g/mol. The lowest BCUT2D eigenvalue weighted by atomic mass is 10.00. The predicted molar refractivity (Wildman–Crippen MR) is 150 cm³/mol. The molecule has 4 aromatic rings. The summed E-state index contributed by atoms with van der Waals surface area (Å²) in [6, 6.07) is 22.5. The Balaban J connectivity index is 1.46. The van der Waals surface area contributed by atoms with E-state index in [1.54, 1.807) is 18.3 Å². The maximum Gasteiger partial charge on any atom is 0.303 e. The number of nitrogens with zero attached hydrogens (tertiary/aromatic N) is 1. The summed E-state index contributed by atoms with van der Waals surface area (Å²) in [5.74, 6) is -1.09. The number of hydrogen-bond acceptors (Lipinski definition) is 4. The number of rotatable bonds is 10. The highest BCUT2D eigenvalue weighted by Crippen LogP contribution is 2.32. The Bertz CT molecular complexity index is 1420. The fourth-order valence-corrected chi connectivity index (χ4v) is 4.64. The quantitative estimate of drug-likeness (QED) is 0.193. The van der Waals surface area contributed by atoms with Crippen LogP contribution in [0.2, 0.25) is 15.1 Å². The second-order valence-corrected chi connectivity index (χ2v) is 9.74. The molecule has 4 rings (SSSR count). The third-order valence-electron chi connectivity index (χ3n) is 5.83. The molecule has 0 saturated carbocycles. The van der Waals surface area contributed by atoms with Crippen LogP contribution in [0.15, 0.2) is 79.0 Å². The minimum absolute atomic E-state index is 0.0391. The zero-order chi connectivity index (χ0) is 26.4. The molecule has 0 amide bonds. The molecule has 0 aliphatic rings. The van der Waals surface area contributed by atoms with Gasteiger partial charge in [-0.1, -0.05) is 65.1 Å². The van der Waals surface area contributed by atoms with Crippen molar-refractivity contribution in [3.05, 3.63) is 105 Å². The molecule has 0 saturated heterocycles. The van der Waals surface area contributed by atoms with Crippen LogP contribution in [0, 0.1) is 0 Å². The van der Waals surface area contributed by atoms with Crippen molar-refractivity contribution < 1.29 is 14.7 Å². The topological polar surface area (TPSA) is 79.3 Å². The number of pyridine rings is 1. The second kappa shape index (κ2) is 12.2. The summed E-state index contributed by atoms with van der Waals surface area (Å²) in [5.41, 5.74) is 5.91. The number of aromatic nitrogens is 1. The van der Waals surface area contributed by atoms with E-state index in [1.807, 2.05) is 60.7 Å². The van der Waals surface area contributed by atoms with Crippen molar-refractivity contribution in [1.82, 2.24) is 4.98 Å². The Hall–Kier alpha value is -3.38. The van der Waals surface area contributed by atoms with Crippen molar-refractivity contribution >= 4 is 52.2 Å². The molecule has 0 radical (unpaired) electrons. The Morgan fingerprint density at radius 2 is 1.46 bits per heavy atom. The number of carbonyl (C=O) groups is 2. The number of ketones is 1. The Morgan fingerprint density at radius 1 is 0.784 bits per heavy atom. The molecule has 0 atom stereocenters. The highest BCUT2D eigenvalue weighted by molar-refractivity contribution is 6.36. The zero-order valence-corrected chi connectivity index (χ0v) is 21.9. The molecule has 0 spiro atoms. The molecule has 8 heteroatoms. The van der Waals surface area contributed by atoms with Crippen LogP contribution >= 0.6 is 34.8 Å². The lowest BCUT2D eigenvalue weighted by Crippen LogP contribution is -2.04. The molecule has 0 aliphatic carbocycles. The predicted octanol–water partition coefficient (Wildman–Crippen LogP) is 8.43. The minimum Gasteiger partial charge on any atom is -0.481 e. The number of anilines is 1. The van der Waals surface area contributed by atoms with Gasteiger partial charge in [0.15, 0.2) is 5.78 Å². The van der Waals surface area contributed by atoms with Crippen molar-refractivity contribution in [2.24, 2.45) is 0 Å². The number of halogens is 3. The second-order valence-electron chi connectivity index (χ2n) is 8.46. The fraction of sp³-hybridized carbons (Fsp3) is 0.138. The molecule has 0 unspecified atom stereocenters. The first-order valence-corrected chi connectivity index (χ1v) is 12.7. The van der Waals surface area contributed by atoms with E-state index in [0.717, 1.165) is 33.5 Å². The first-order chi connectivity index (χ1) is 17.8. The highest BCUT2D eigenvalue weighted by Gasteiger charge is 2.12. The summed E-state index contributed by atoms with van der Waals surface area (Å²) < 4.78 is 0. The number of nitrogens with one attached hydrogen (secondary N) is 1. The van der Waals surface area contributed by atoms with E-state index in [4.69, 9.17) is 39.9 Å². The van der Waals surface area contributed by atoms with E-state index in [1.165, 1.54) is 0 Å². The van der Waals surface area contributed by atoms with Gasteiger partial charge in [0.25, 0.3) is 0 Å². The number of carboxylic acids is 1. The maximum atomic E-state index is 12.3. The highest BCUT2D eigenvalue weighted by atomic mass is 35.5. The Labute approximate surface area is 230 Å². The molecule has 188 valence electrons. The van der Waals surface area contributed by atoms with E-state index in [2.05, 4.69) is 10.3 Å². The third-order valence-corrected chi connectivity index (χ3v) is 6.61. The van der Waals surface area contributed by atoms with Gasteiger partial charge in [0.05, 0.1) is 0 Å². The van der Waals surface area contributed by atoms with Gasteiger partial charge >= 0.3 is 5.97 Å². The van der Waals surface area contributed by atoms with E-state index in [0.29, 0.717) is 27.3 Å². The first-order valence-electron chi connectivity index (χ1n) is 11.6. The lowest BCUT2D eigenvalue weighted by molar-refractivity contribution is -0.137. The summed E-state index contributed by atoms with van der Waals surface area (Å²) in [6.45, 7) is 0.521. The number of benzene rings is 3. The van der Waals surface area contributed by atoms with Crippen LogP contribution in [0.5, 0.6) is 0 Å². The van der Waals surface area contributed by atoms with Crippen molar-refractivity contribution in [1.29, 1.82) is 0 Å². The molecule has 0 fully saturated rings. The number of Topliss-reactive ketones (excluding diaryl/α,β-unsaturated/α-hetero) is 1. The van der Waals surface area contributed by atoms with Crippen LogP contribution in [-0.4, -0.2) is 21.8 Å². The van der Waals surface area contributed by atoms with Crippen molar-refractivity contribution in [2.75, 3.05) is 5.32 Å². The van der Waals surface area contributed by atoms with Gasteiger partial charge < -0.3 is 10.4 Å². The molecule has 3 aromatic carbocycles. The van der Waals surface area contributed by atoms with E-state index < -0.39 is 5.97 Å². The van der Waals surface area contributed by atoms with Crippen LogP contribution in [0.3, 0.4) is 0 Å². The largest absolute Gasteiger partial charge is 0.481 e. The van der Waals surface area contributed by atoms with Crippen molar-refractivity contribution in [2.45, 2.75) is 25.8 Å². The molecule has 2 N–H and O–H groups in total. The normalized spacial score (nSPS) is 10.8. The van der Waals surface area contributed by atoms with Crippen LogP contribution in [0.25, 0.3) is 22.3 Å². The number of carbonyl (C=O) groups excluding carboxylic acids is 1. The van der Waals surface area contributed by atoms with E-state index in [-0.39, 0.29) is 25.0 Å². The van der Waals surface area contributed by atoms with E-state index in [9.17, 15) is 9.59 Å². The van der Waals surface area contributed by atoms with Crippen molar-refractivity contribution in [3.63, 3.8) is 0 Å². The van der Waals surface area contributed by atoms with E-state index >= 15 is 0 Å². The Morgan fingerprint density at radius 3 is 2.11 bits per heavy atom. The average Bonchev–Trinajstić information content (AvgIpc) is 2.88. The molecule has 1 heterocycles. The van der Waals surface area contributed by atoms with Crippen LogP contribution in [0.4, 0.5) is 5.69 Å². The lowest BCUT2D eigenvalue weighted by Gasteiger charge is -2.13. The monoisotopic (exact) mass is 552 g/mol. The molecule has 0 aliphatic heterocycles. The van der Waals surface area contributed by atoms with Gasteiger partial charge in [-0.3, -0.25) is 14.6 Å². The summed E-state index contributed by atoms with van der Waals surface area (Å²) in [7, 11) is 0. The maximum absolute atomic E-state index is 12.3. The van der Waals surface area contributed by atoms with Crippen LogP contribution < -0.4 is 5.32 Å². The number of carboxylic acid groups (broad SMARTS) is 1. The molecule has 0 bridgehead atoms. The molecular formula is C29H23Cl3N2O3. The van der Waals surface area contributed by atoms with Gasteiger partial charge in [-0.25, -0.2) is 0 Å². The van der Waals surface area contributed by atoms with Gasteiger partial charge in [-0.05, 0) is 65.6 Å². The molecule has 37 heavy (non-hydrogen) atoms. The van der Waals surface area contributed by atoms with Crippen molar-refractivity contribution in [3.8, 4) is 22.3 Å². The molecule has 1 aromatic heterocycles. The average molecular weight is 554 g/mol. The minimum atomic E-state index is -0.915. The SMILES string of the molecule is O=C(O)CCCC(=O)c1ccc(-c2ccc(Cl)cc2CNc2ccc(-c3ccc(Cl)cc3Cl)cc2)cn1. The zero-order valence-electron chi connectivity index (χ0n) is 19.7. The van der Waals surface area contributed by atoms with Crippen LogP contribution in [0.1, 0.15) is 35.3 Å². The van der Waals surface area contributed by atoms with Gasteiger partial charge in [-0.15, -0.1) is 0 Å². The summed E-state index contributed by atoms with van der Waals surface area (Å²) in [5, 5.41) is 14.0.